The van der Waals surface area contributed by atoms with Gasteiger partial charge < -0.3 is 9.88 Å². The first-order chi connectivity index (χ1) is 8.83. The van der Waals surface area contributed by atoms with Crippen LogP contribution in [0.25, 0.3) is 10.9 Å². The Kier molecular flexibility index (Phi) is 2.64. The number of nitrogens with zero attached hydrogens (tertiary/aromatic N) is 4. The second kappa shape index (κ2) is 4.44. The molecular weight excluding hydrogens is 226 g/mol. The van der Waals surface area contributed by atoms with Gasteiger partial charge >= 0.3 is 0 Å². The standard InChI is InChI=1S/C13H13N5/c1-18-9-15-17-13(18)8-14-12-7-6-10-4-2-3-5-11(10)16-12/h2-7,9H,8H2,1H3,(H,14,16). The molecule has 0 aliphatic heterocycles. The predicted molar refractivity (Wildman–Crippen MR) is 70.1 cm³/mol. The number of aryl methyl sites for hydroxylation is 1. The van der Waals surface area contributed by atoms with Crippen LogP contribution in [0.5, 0.6) is 0 Å². The molecule has 0 aliphatic carbocycles. The third-order valence-corrected chi connectivity index (χ3v) is 2.83. The molecule has 90 valence electrons. The highest BCUT2D eigenvalue weighted by atomic mass is 15.3. The van der Waals surface area contributed by atoms with Crippen LogP contribution in [-0.2, 0) is 13.6 Å². The molecule has 1 N–H and O–H groups in total. The van der Waals surface area contributed by atoms with Gasteiger partial charge in [-0.15, -0.1) is 10.2 Å². The van der Waals surface area contributed by atoms with E-state index in [1.165, 1.54) is 0 Å². The van der Waals surface area contributed by atoms with Crippen molar-refractivity contribution in [2.45, 2.75) is 6.54 Å². The number of nitrogens with one attached hydrogen (secondary N) is 1. The fourth-order valence-corrected chi connectivity index (χ4v) is 1.80. The zero-order valence-corrected chi connectivity index (χ0v) is 10.0. The van der Waals surface area contributed by atoms with Gasteiger partial charge in [0.15, 0.2) is 5.82 Å². The van der Waals surface area contributed by atoms with Gasteiger partial charge in [0.25, 0.3) is 0 Å². The lowest BCUT2D eigenvalue weighted by Gasteiger charge is -2.06. The first-order valence-electron chi connectivity index (χ1n) is 5.75. The average Bonchev–Trinajstić information content (AvgIpc) is 2.82. The zero-order chi connectivity index (χ0) is 12.4. The van der Waals surface area contributed by atoms with Crippen molar-refractivity contribution < 1.29 is 0 Å². The van der Waals surface area contributed by atoms with Gasteiger partial charge in [0.2, 0.25) is 0 Å². The number of hydrogen-bond acceptors (Lipinski definition) is 4. The summed E-state index contributed by atoms with van der Waals surface area (Å²) in [4.78, 5) is 4.54. The summed E-state index contributed by atoms with van der Waals surface area (Å²) < 4.78 is 1.88. The van der Waals surface area contributed by atoms with Crippen molar-refractivity contribution in [2.75, 3.05) is 5.32 Å². The molecule has 3 rings (SSSR count). The Morgan fingerprint density at radius 3 is 2.89 bits per heavy atom. The maximum Gasteiger partial charge on any atom is 0.151 e. The molecule has 1 aromatic carbocycles. The molecule has 2 aromatic heterocycles. The van der Waals surface area contributed by atoms with E-state index in [9.17, 15) is 0 Å². The Hall–Kier alpha value is -2.43. The van der Waals surface area contributed by atoms with Crippen molar-refractivity contribution in [3.63, 3.8) is 0 Å². The van der Waals surface area contributed by atoms with Crippen LogP contribution in [0.15, 0.2) is 42.7 Å². The molecule has 18 heavy (non-hydrogen) atoms. The Balaban J connectivity index is 1.81. The van der Waals surface area contributed by atoms with Crippen molar-refractivity contribution in [3.8, 4) is 0 Å². The second-order valence-corrected chi connectivity index (χ2v) is 4.10. The van der Waals surface area contributed by atoms with Gasteiger partial charge in [0, 0.05) is 12.4 Å². The summed E-state index contributed by atoms with van der Waals surface area (Å²) in [5, 5.41) is 12.2. The maximum atomic E-state index is 4.54. The summed E-state index contributed by atoms with van der Waals surface area (Å²) in [5.74, 6) is 1.72. The minimum absolute atomic E-state index is 0.613. The number of aromatic nitrogens is 4. The van der Waals surface area contributed by atoms with Gasteiger partial charge in [-0.3, -0.25) is 0 Å². The summed E-state index contributed by atoms with van der Waals surface area (Å²) >= 11 is 0. The Morgan fingerprint density at radius 1 is 1.17 bits per heavy atom. The topological polar surface area (TPSA) is 55.6 Å². The number of rotatable bonds is 3. The number of pyridine rings is 1. The number of anilines is 1. The van der Waals surface area contributed by atoms with Crippen LogP contribution in [0, 0.1) is 0 Å². The fraction of sp³-hybridized carbons (Fsp3) is 0.154. The Morgan fingerprint density at radius 2 is 2.06 bits per heavy atom. The van der Waals surface area contributed by atoms with Crippen molar-refractivity contribution in [3.05, 3.63) is 48.5 Å². The molecule has 0 saturated heterocycles. The highest BCUT2D eigenvalue weighted by Crippen LogP contribution is 2.14. The minimum Gasteiger partial charge on any atom is -0.363 e. The molecule has 5 heteroatoms. The molecule has 0 saturated carbocycles. The average molecular weight is 239 g/mol. The molecule has 0 amide bonds. The van der Waals surface area contributed by atoms with E-state index in [1.807, 2.05) is 35.9 Å². The first-order valence-corrected chi connectivity index (χ1v) is 5.75. The van der Waals surface area contributed by atoms with Crippen molar-refractivity contribution >= 4 is 16.7 Å². The van der Waals surface area contributed by atoms with E-state index in [-0.39, 0.29) is 0 Å². The predicted octanol–water partition coefficient (Wildman–Crippen LogP) is 1.98. The van der Waals surface area contributed by atoms with Crippen LogP contribution >= 0.6 is 0 Å². The van der Waals surface area contributed by atoms with Gasteiger partial charge in [0.1, 0.15) is 12.1 Å². The van der Waals surface area contributed by atoms with E-state index in [4.69, 9.17) is 0 Å². The van der Waals surface area contributed by atoms with Crippen molar-refractivity contribution in [1.29, 1.82) is 0 Å². The van der Waals surface area contributed by atoms with Gasteiger partial charge in [0.05, 0.1) is 12.1 Å². The molecule has 0 aliphatic rings. The number of benzene rings is 1. The lowest BCUT2D eigenvalue weighted by atomic mass is 10.2. The van der Waals surface area contributed by atoms with Gasteiger partial charge in [-0.05, 0) is 18.2 Å². The van der Waals surface area contributed by atoms with E-state index in [1.54, 1.807) is 6.33 Å². The van der Waals surface area contributed by atoms with Crippen LogP contribution in [0.4, 0.5) is 5.82 Å². The van der Waals surface area contributed by atoms with E-state index >= 15 is 0 Å². The summed E-state index contributed by atoms with van der Waals surface area (Å²) in [5.41, 5.74) is 0.987. The van der Waals surface area contributed by atoms with E-state index in [2.05, 4.69) is 32.6 Å². The highest BCUT2D eigenvalue weighted by Gasteiger charge is 2.01. The highest BCUT2D eigenvalue weighted by molar-refractivity contribution is 5.79. The molecule has 0 spiro atoms. The van der Waals surface area contributed by atoms with Gasteiger partial charge in [-0.25, -0.2) is 4.98 Å². The lowest BCUT2D eigenvalue weighted by Crippen LogP contribution is -2.06. The Labute approximate surface area is 104 Å². The molecule has 5 nitrogen and oxygen atoms in total. The molecular formula is C13H13N5. The molecule has 2 heterocycles. The maximum absolute atomic E-state index is 4.54. The van der Waals surface area contributed by atoms with Crippen LogP contribution in [-0.4, -0.2) is 19.7 Å². The van der Waals surface area contributed by atoms with Crippen LogP contribution in [0.3, 0.4) is 0 Å². The monoisotopic (exact) mass is 239 g/mol. The molecule has 0 unspecified atom stereocenters. The molecule has 0 fully saturated rings. The summed E-state index contributed by atoms with van der Waals surface area (Å²) in [6.45, 7) is 0.613. The third-order valence-electron chi connectivity index (χ3n) is 2.83. The summed E-state index contributed by atoms with van der Waals surface area (Å²) in [7, 11) is 1.92. The second-order valence-electron chi connectivity index (χ2n) is 4.10. The number of hydrogen-bond donors (Lipinski definition) is 1. The zero-order valence-electron chi connectivity index (χ0n) is 10.0. The van der Waals surface area contributed by atoms with E-state index in [0.29, 0.717) is 6.54 Å². The van der Waals surface area contributed by atoms with Crippen LogP contribution < -0.4 is 5.32 Å². The van der Waals surface area contributed by atoms with Gasteiger partial charge in [-0.1, -0.05) is 18.2 Å². The minimum atomic E-state index is 0.613. The Bertz CT molecular complexity index is 674. The number of fused-ring (bicyclic) bond motifs is 1. The quantitative estimate of drug-likeness (QED) is 0.759. The van der Waals surface area contributed by atoms with Crippen molar-refractivity contribution in [2.24, 2.45) is 7.05 Å². The summed E-state index contributed by atoms with van der Waals surface area (Å²) in [6, 6.07) is 12.1. The molecule has 0 bridgehead atoms. The molecule has 0 atom stereocenters. The fourth-order valence-electron chi connectivity index (χ4n) is 1.80. The van der Waals surface area contributed by atoms with Crippen molar-refractivity contribution in [1.82, 2.24) is 19.7 Å². The van der Waals surface area contributed by atoms with E-state index < -0.39 is 0 Å². The summed E-state index contributed by atoms with van der Waals surface area (Å²) in [6.07, 6.45) is 1.69. The lowest BCUT2D eigenvalue weighted by molar-refractivity contribution is 0.810. The van der Waals surface area contributed by atoms with Crippen LogP contribution in [0.1, 0.15) is 5.82 Å². The SMILES string of the molecule is Cn1cnnc1CNc1ccc2ccccc2n1. The van der Waals surface area contributed by atoms with Gasteiger partial charge in [-0.2, -0.15) is 0 Å². The van der Waals surface area contributed by atoms with Crippen LogP contribution in [0.2, 0.25) is 0 Å². The molecule has 3 aromatic rings. The largest absolute Gasteiger partial charge is 0.363 e. The van der Waals surface area contributed by atoms with E-state index in [0.717, 1.165) is 22.5 Å². The smallest absolute Gasteiger partial charge is 0.151 e. The first kappa shape index (κ1) is 10.7. The third kappa shape index (κ3) is 2.02. The molecule has 0 radical (unpaired) electrons. The normalized spacial score (nSPS) is 10.7. The number of para-hydroxylation sites is 1.